The second kappa shape index (κ2) is 5.55. The molecule has 4 nitrogen and oxygen atoms in total. The van der Waals surface area contributed by atoms with Gasteiger partial charge in [0.2, 0.25) is 0 Å². The number of nitrogens with zero attached hydrogens (tertiary/aromatic N) is 2. The lowest BCUT2D eigenvalue weighted by molar-refractivity contribution is -0.384. The Balaban J connectivity index is 2.19. The molecule has 5 heteroatoms. The fraction of sp³-hybridized carbons (Fsp3) is 0.0714. The summed E-state index contributed by atoms with van der Waals surface area (Å²) in [6.45, 7) is 1.89. The van der Waals surface area contributed by atoms with Crippen LogP contribution in [0.25, 0.3) is 0 Å². The summed E-state index contributed by atoms with van der Waals surface area (Å²) in [5.74, 6) is 0. The summed E-state index contributed by atoms with van der Waals surface area (Å²) in [6.07, 6.45) is 0. The van der Waals surface area contributed by atoms with E-state index >= 15 is 0 Å². The van der Waals surface area contributed by atoms with E-state index in [0.717, 1.165) is 15.4 Å². The van der Waals surface area contributed by atoms with Crippen molar-refractivity contribution in [2.45, 2.75) is 16.7 Å². The van der Waals surface area contributed by atoms with Crippen molar-refractivity contribution >= 4 is 17.4 Å². The van der Waals surface area contributed by atoms with Crippen LogP contribution in [0.5, 0.6) is 0 Å². The van der Waals surface area contributed by atoms with Gasteiger partial charge in [0.15, 0.2) is 0 Å². The van der Waals surface area contributed by atoms with E-state index in [4.69, 9.17) is 5.26 Å². The molecule has 2 aromatic carbocycles. The molecule has 0 aliphatic rings. The van der Waals surface area contributed by atoms with Crippen LogP contribution in [0.2, 0.25) is 0 Å². The van der Waals surface area contributed by atoms with Gasteiger partial charge in [0, 0.05) is 21.9 Å². The van der Waals surface area contributed by atoms with E-state index in [0.29, 0.717) is 5.56 Å². The fourth-order valence-corrected chi connectivity index (χ4v) is 2.51. The lowest BCUT2D eigenvalue weighted by Crippen LogP contribution is -1.86. The van der Waals surface area contributed by atoms with Crippen molar-refractivity contribution in [2.75, 3.05) is 0 Å². The number of nitro benzene ring substituents is 1. The number of non-ortho nitro benzene ring substituents is 1. The summed E-state index contributed by atoms with van der Waals surface area (Å²) in [7, 11) is 0. The fourth-order valence-electron chi connectivity index (χ4n) is 1.60. The van der Waals surface area contributed by atoms with E-state index in [1.54, 1.807) is 18.2 Å². The Labute approximate surface area is 114 Å². The molecule has 0 heterocycles. The van der Waals surface area contributed by atoms with Gasteiger partial charge in [0.1, 0.15) is 0 Å². The number of hydrogen-bond acceptors (Lipinski definition) is 4. The van der Waals surface area contributed by atoms with Gasteiger partial charge in [-0.25, -0.2) is 0 Å². The van der Waals surface area contributed by atoms with Gasteiger partial charge in [0.25, 0.3) is 5.69 Å². The minimum atomic E-state index is -0.416. The molecule has 0 spiro atoms. The maximum atomic E-state index is 10.6. The van der Waals surface area contributed by atoms with Crippen molar-refractivity contribution in [3.63, 3.8) is 0 Å². The van der Waals surface area contributed by atoms with E-state index < -0.39 is 4.92 Å². The average molecular weight is 270 g/mol. The third-order valence-corrected chi connectivity index (χ3v) is 3.60. The predicted molar refractivity (Wildman–Crippen MR) is 73.1 cm³/mol. The zero-order valence-electron chi connectivity index (χ0n) is 10.2. The Bertz CT molecular complexity index is 660. The molecule has 0 aliphatic heterocycles. The summed E-state index contributed by atoms with van der Waals surface area (Å²) in [4.78, 5) is 12.1. The van der Waals surface area contributed by atoms with Crippen LogP contribution in [-0.4, -0.2) is 4.92 Å². The standard InChI is InChI=1S/C14H10N2O2S/c1-10-8-14(5-2-11(10)9-15)19-13-6-3-12(4-7-13)16(17)18/h2-8H,1H3. The largest absolute Gasteiger partial charge is 0.269 e. The summed E-state index contributed by atoms with van der Waals surface area (Å²) < 4.78 is 0. The second-order valence-corrected chi connectivity index (χ2v) is 5.09. The molecule has 2 aromatic rings. The highest BCUT2D eigenvalue weighted by Crippen LogP contribution is 2.30. The maximum absolute atomic E-state index is 10.6. The van der Waals surface area contributed by atoms with Crippen LogP contribution < -0.4 is 0 Å². The summed E-state index contributed by atoms with van der Waals surface area (Å²) >= 11 is 1.51. The molecule has 94 valence electrons. The van der Waals surface area contributed by atoms with E-state index in [9.17, 15) is 10.1 Å². The highest BCUT2D eigenvalue weighted by molar-refractivity contribution is 7.99. The Hall–Kier alpha value is -2.32. The molecule has 0 aromatic heterocycles. The first kappa shape index (κ1) is 13.1. The molecular weight excluding hydrogens is 260 g/mol. The van der Waals surface area contributed by atoms with Crippen LogP contribution in [-0.2, 0) is 0 Å². The number of nitro groups is 1. The molecule has 0 fully saturated rings. The number of rotatable bonds is 3. The van der Waals surface area contributed by atoms with Crippen LogP contribution in [0.1, 0.15) is 11.1 Å². The smallest absolute Gasteiger partial charge is 0.258 e. The highest BCUT2D eigenvalue weighted by Gasteiger charge is 2.05. The Kier molecular flexibility index (Phi) is 3.83. The van der Waals surface area contributed by atoms with E-state index in [-0.39, 0.29) is 5.69 Å². The van der Waals surface area contributed by atoms with Crippen molar-refractivity contribution < 1.29 is 4.92 Å². The summed E-state index contributed by atoms with van der Waals surface area (Å²) in [5, 5.41) is 19.4. The first-order chi connectivity index (χ1) is 9.10. The van der Waals surface area contributed by atoms with Crippen molar-refractivity contribution in [1.29, 1.82) is 5.26 Å². The number of aryl methyl sites for hydroxylation is 1. The topological polar surface area (TPSA) is 66.9 Å². The van der Waals surface area contributed by atoms with Crippen LogP contribution >= 0.6 is 11.8 Å². The van der Waals surface area contributed by atoms with Gasteiger partial charge in [-0.05, 0) is 42.8 Å². The van der Waals surface area contributed by atoms with E-state index in [1.807, 2.05) is 19.1 Å². The lowest BCUT2D eigenvalue weighted by atomic mass is 10.1. The minimum absolute atomic E-state index is 0.0837. The second-order valence-electron chi connectivity index (χ2n) is 3.94. The average Bonchev–Trinajstić information content (AvgIpc) is 2.39. The van der Waals surface area contributed by atoms with E-state index in [1.165, 1.54) is 23.9 Å². The van der Waals surface area contributed by atoms with Gasteiger partial charge >= 0.3 is 0 Å². The molecule has 19 heavy (non-hydrogen) atoms. The lowest BCUT2D eigenvalue weighted by Gasteiger charge is -2.04. The normalized spacial score (nSPS) is 9.89. The first-order valence-corrected chi connectivity index (χ1v) is 6.35. The van der Waals surface area contributed by atoms with Crippen molar-refractivity contribution in [3.8, 4) is 6.07 Å². The molecule has 0 bridgehead atoms. The molecule has 2 rings (SSSR count). The molecular formula is C14H10N2O2S. The van der Waals surface area contributed by atoms with Crippen LogP contribution in [0.3, 0.4) is 0 Å². The van der Waals surface area contributed by atoms with Gasteiger partial charge in [-0.15, -0.1) is 0 Å². The molecule has 0 radical (unpaired) electrons. The summed E-state index contributed by atoms with van der Waals surface area (Å²) in [6, 6.07) is 14.1. The van der Waals surface area contributed by atoms with Gasteiger partial charge < -0.3 is 0 Å². The van der Waals surface area contributed by atoms with Gasteiger partial charge in [-0.3, -0.25) is 10.1 Å². The minimum Gasteiger partial charge on any atom is -0.258 e. The van der Waals surface area contributed by atoms with Crippen LogP contribution in [0.15, 0.2) is 52.3 Å². The molecule has 0 N–H and O–H groups in total. The summed E-state index contributed by atoms with van der Waals surface area (Å²) in [5.41, 5.74) is 1.67. The van der Waals surface area contributed by atoms with Crippen LogP contribution in [0.4, 0.5) is 5.69 Å². The third-order valence-electron chi connectivity index (χ3n) is 2.60. The first-order valence-electron chi connectivity index (χ1n) is 5.53. The van der Waals surface area contributed by atoms with Crippen molar-refractivity contribution in [1.82, 2.24) is 0 Å². The number of benzene rings is 2. The molecule has 0 saturated heterocycles. The molecule has 0 amide bonds. The molecule has 0 saturated carbocycles. The van der Waals surface area contributed by atoms with Crippen LogP contribution in [0, 0.1) is 28.4 Å². The molecule has 0 unspecified atom stereocenters. The van der Waals surface area contributed by atoms with Gasteiger partial charge in [-0.2, -0.15) is 5.26 Å². The SMILES string of the molecule is Cc1cc(Sc2ccc([N+](=O)[O-])cc2)ccc1C#N. The Morgan fingerprint density at radius 2 is 1.79 bits per heavy atom. The quantitative estimate of drug-likeness (QED) is 0.626. The maximum Gasteiger partial charge on any atom is 0.269 e. The monoisotopic (exact) mass is 270 g/mol. The predicted octanol–water partition coefficient (Wildman–Crippen LogP) is 3.93. The third kappa shape index (κ3) is 3.12. The van der Waals surface area contributed by atoms with Gasteiger partial charge in [0.05, 0.1) is 16.6 Å². The van der Waals surface area contributed by atoms with E-state index in [2.05, 4.69) is 6.07 Å². The highest BCUT2D eigenvalue weighted by atomic mass is 32.2. The zero-order chi connectivity index (χ0) is 13.8. The molecule has 0 atom stereocenters. The number of nitriles is 1. The van der Waals surface area contributed by atoms with Crippen molar-refractivity contribution in [3.05, 3.63) is 63.7 Å². The van der Waals surface area contributed by atoms with Gasteiger partial charge in [-0.1, -0.05) is 11.8 Å². The Morgan fingerprint density at radius 3 is 2.32 bits per heavy atom. The molecule has 0 aliphatic carbocycles. The van der Waals surface area contributed by atoms with Crippen molar-refractivity contribution in [2.24, 2.45) is 0 Å². The number of hydrogen-bond donors (Lipinski definition) is 0. The Morgan fingerprint density at radius 1 is 1.16 bits per heavy atom. The zero-order valence-corrected chi connectivity index (χ0v) is 11.0.